The molecule has 0 aliphatic rings. The maximum absolute atomic E-state index is 3.29. The van der Waals surface area contributed by atoms with E-state index in [1.807, 2.05) is 0 Å². The van der Waals surface area contributed by atoms with Crippen molar-refractivity contribution in [3.05, 3.63) is 0 Å². The van der Waals surface area contributed by atoms with Gasteiger partial charge in [-0.05, 0) is 18.3 Å². The summed E-state index contributed by atoms with van der Waals surface area (Å²) in [6, 6.07) is 0. The van der Waals surface area contributed by atoms with E-state index in [1.54, 1.807) is 0 Å². The Morgan fingerprint density at radius 1 is 0.933 bits per heavy atom. The maximum atomic E-state index is 3.29. The van der Waals surface area contributed by atoms with Crippen molar-refractivity contribution < 1.29 is 0 Å². The largest absolute Gasteiger partial charge is 0.103 e. The van der Waals surface area contributed by atoms with Crippen molar-refractivity contribution in [3.8, 4) is 11.8 Å². The second-order valence-corrected chi connectivity index (χ2v) is 5.23. The van der Waals surface area contributed by atoms with E-state index >= 15 is 0 Å². The fourth-order valence-corrected chi connectivity index (χ4v) is 1.56. The summed E-state index contributed by atoms with van der Waals surface area (Å²) < 4.78 is 0. The van der Waals surface area contributed by atoms with Crippen molar-refractivity contribution in [2.75, 3.05) is 0 Å². The topological polar surface area (TPSA) is 0 Å². The Labute approximate surface area is 96.8 Å². The standard InChI is InChI=1S/C15H28/c1-6-14(4)10-8-12-15(5)11-7-9-13(2)3/h13-15H,6,8,10-12H2,1-5H3. The van der Waals surface area contributed by atoms with Crippen molar-refractivity contribution in [1.82, 2.24) is 0 Å². The Kier molecular flexibility index (Phi) is 8.58. The molecule has 0 aromatic carbocycles. The van der Waals surface area contributed by atoms with Gasteiger partial charge in [0.05, 0.1) is 0 Å². The molecule has 0 saturated heterocycles. The molecule has 0 aliphatic carbocycles. The van der Waals surface area contributed by atoms with Gasteiger partial charge in [-0.2, -0.15) is 0 Å². The Hall–Kier alpha value is -0.440. The third-order valence-electron chi connectivity index (χ3n) is 2.93. The van der Waals surface area contributed by atoms with Crippen LogP contribution in [-0.2, 0) is 0 Å². The van der Waals surface area contributed by atoms with Crippen LogP contribution in [0.15, 0.2) is 0 Å². The molecule has 2 unspecified atom stereocenters. The first kappa shape index (κ1) is 14.6. The summed E-state index contributed by atoms with van der Waals surface area (Å²) in [5.74, 6) is 8.73. The predicted octanol–water partition coefficient (Wildman–Crippen LogP) is 4.89. The highest BCUT2D eigenvalue weighted by atomic mass is 14.1. The second-order valence-electron chi connectivity index (χ2n) is 5.23. The van der Waals surface area contributed by atoms with E-state index in [2.05, 4.69) is 46.5 Å². The molecule has 0 heteroatoms. The molecule has 0 saturated carbocycles. The fraction of sp³-hybridized carbons (Fsp3) is 0.867. The minimum atomic E-state index is 0.525. The van der Waals surface area contributed by atoms with Gasteiger partial charge in [0.15, 0.2) is 0 Å². The van der Waals surface area contributed by atoms with E-state index in [4.69, 9.17) is 0 Å². The van der Waals surface area contributed by atoms with Crippen LogP contribution in [0.5, 0.6) is 0 Å². The normalized spacial score (nSPS) is 14.5. The van der Waals surface area contributed by atoms with Crippen molar-refractivity contribution in [2.24, 2.45) is 17.8 Å². The average molecular weight is 208 g/mol. The van der Waals surface area contributed by atoms with Gasteiger partial charge in [-0.15, -0.1) is 11.8 Å². The van der Waals surface area contributed by atoms with Crippen LogP contribution in [0, 0.1) is 29.6 Å². The molecule has 0 aromatic heterocycles. The van der Waals surface area contributed by atoms with Crippen molar-refractivity contribution >= 4 is 0 Å². The lowest BCUT2D eigenvalue weighted by Crippen LogP contribution is -1.97. The molecular formula is C15H28. The van der Waals surface area contributed by atoms with E-state index in [0.717, 1.165) is 18.3 Å². The molecule has 0 aliphatic heterocycles. The van der Waals surface area contributed by atoms with Crippen LogP contribution in [0.4, 0.5) is 0 Å². The summed E-state index contributed by atoms with van der Waals surface area (Å²) in [6.07, 6.45) is 6.51. The van der Waals surface area contributed by atoms with Gasteiger partial charge in [0.2, 0.25) is 0 Å². The molecule has 0 nitrogen and oxygen atoms in total. The second kappa shape index (κ2) is 8.84. The highest BCUT2D eigenvalue weighted by Crippen LogP contribution is 2.16. The molecule has 0 fully saturated rings. The third-order valence-corrected chi connectivity index (χ3v) is 2.93. The zero-order valence-corrected chi connectivity index (χ0v) is 11.3. The van der Waals surface area contributed by atoms with Gasteiger partial charge >= 0.3 is 0 Å². The molecule has 0 heterocycles. The molecule has 0 N–H and O–H groups in total. The molecule has 88 valence electrons. The highest BCUT2D eigenvalue weighted by Gasteiger charge is 2.02. The van der Waals surface area contributed by atoms with Crippen molar-refractivity contribution in [2.45, 2.75) is 66.7 Å². The Morgan fingerprint density at radius 2 is 1.53 bits per heavy atom. The molecular weight excluding hydrogens is 180 g/mol. The number of hydrogen-bond acceptors (Lipinski definition) is 0. The summed E-state index contributed by atoms with van der Waals surface area (Å²) >= 11 is 0. The van der Waals surface area contributed by atoms with E-state index in [-0.39, 0.29) is 0 Å². The van der Waals surface area contributed by atoms with Crippen LogP contribution in [0.25, 0.3) is 0 Å². The molecule has 15 heavy (non-hydrogen) atoms. The number of hydrogen-bond donors (Lipinski definition) is 0. The molecule has 0 radical (unpaired) electrons. The monoisotopic (exact) mass is 208 g/mol. The van der Waals surface area contributed by atoms with Gasteiger partial charge in [0.25, 0.3) is 0 Å². The van der Waals surface area contributed by atoms with E-state index < -0.39 is 0 Å². The smallest absolute Gasteiger partial charge is 0.0146 e. The van der Waals surface area contributed by atoms with Crippen LogP contribution in [0.2, 0.25) is 0 Å². The van der Waals surface area contributed by atoms with Gasteiger partial charge in [0.1, 0.15) is 0 Å². The lowest BCUT2D eigenvalue weighted by molar-refractivity contribution is 0.438. The van der Waals surface area contributed by atoms with Crippen LogP contribution >= 0.6 is 0 Å². The molecule has 0 amide bonds. The van der Waals surface area contributed by atoms with Crippen LogP contribution in [-0.4, -0.2) is 0 Å². The van der Waals surface area contributed by atoms with Crippen LogP contribution in [0.3, 0.4) is 0 Å². The molecule has 0 rings (SSSR count). The maximum Gasteiger partial charge on any atom is 0.0146 e. The van der Waals surface area contributed by atoms with E-state index in [0.29, 0.717) is 5.92 Å². The Morgan fingerprint density at radius 3 is 2.07 bits per heavy atom. The first-order valence-corrected chi connectivity index (χ1v) is 6.54. The van der Waals surface area contributed by atoms with Crippen molar-refractivity contribution in [3.63, 3.8) is 0 Å². The summed E-state index contributed by atoms with van der Waals surface area (Å²) in [7, 11) is 0. The number of rotatable bonds is 6. The third kappa shape index (κ3) is 9.85. The first-order valence-electron chi connectivity index (χ1n) is 6.54. The van der Waals surface area contributed by atoms with Gasteiger partial charge in [-0.3, -0.25) is 0 Å². The summed E-state index contributed by atoms with van der Waals surface area (Å²) in [5.41, 5.74) is 0. The Bertz CT molecular complexity index is 192. The highest BCUT2D eigenvalue weighted by molar-refractivity contribution is 5.01. The lowest BCUT2D eigenvalue weighted by Gasteiger charge is -2.10. The zero-order chi connectivity index (χ0) is 11.7. The van der Waals surface area contributed by atoms with E-state index in [9.17, 15) is 0 Å². The summed E-state index contributed by atoms with van der Waals surface area (Å²) in [5, 5.41) is 0. The average Bonchev–Trinajstić information content (AvgIpc) is 2.17. The Balaban J connectivity index is 3.50. The lowest BCUT2D eigenvalue weighted by atomic mass is 9.95. The summed E-state index contributed by atoms with van der Waals surface area (Å²) in [4.78, 5) is 0. The summed E-state index contributed by atoms with van der Waals surface area (Å²) in [6.45, 7) is 11.3. The van der Waals surface area contributed by atoms with Gasteiger partial charge in [-0.25, -0.2) is 0 Å². The fourth-order valence-electron chi connectivity index (χ4n) is 1.56. The molecule has 0 spiro atoms. The quantitative estimate of drug-likeness (QED) is 0.545. The van der Waals surface area contributed by atoms with Gasteiger partial charge in [-0.1, -0.05) is 53.9 Å². The minimum Gasteiger partial charge on any atom is -0.103 e. The van der Waals surface area contributed by atoms with Crippen LogP contribution in [0.1, 0.15) is 66.7 Å². The molecule has 0 bridgehead atoms. The SMILES string of the molecule is CCC(C)CCCC(C)CC#CC(C)C. The molecule has 0 aromatic rings. The molecule has 2 atom stereocenters. The van der Waals surface area contributed by atoms with Gasteiger partial charge in [0, 0.05) is 12.3 Å². The van der Waals surface area contributed by atoms with Crippen molar-refractivity contribution in [1.29, 1.82) is 0 Å². The predicted molar refractivity (Wildman–Crippen MR) is 69.7 cm³/mol. The zero-order valence-electron chi connectivity index (χ0n) is 11.3. The van der Waals surface area contributed by atoms with Gasteiger partial charge < -0.3 is 0 Å². The van der Waals surface area contributed by atoms with E-state index in [1.165, 1.54) is 25.7 Å². The minimum absolute atomic E-state index is 0.525. The van der Waals surface area contributed by atoms with Crippen LogP contribution < -0.4 is 0 Å². The first-order chi connectivity index (χ1) is 7.06.